The van der Waals surface area contributed by atoms with E-state index in [-0.39, 0.29) is 27.0 Å². The molecule has 19 heavy (non-hydrogen) atoms. The van der Waals surface area contributed by atoms with Gasteiger partial charge < -0.3 is 0 Å². The quantitative estimate of drug-likeness (QED) is 0.375. The maximum absolute atomic E-state index is 11.8. The van der Waals surface area contributed by atoms with E-state index in [1.807, 2.05) is 35.3 Å². The summed E-state index contributed by atoms with van der Waals surface area (Å²) in [4.78, 5) is 22.4. The molecule has 0 saturated carbocycles. The van der Waals surface area contributed by atoms with Gasteiger partial charge in [-0.2, -0.15) is 0 Å². The second kappa shape index (κ2) is 6.20. The Hall–Kier alpha value is -2.07. The van der Waals surface area contributed by atoms with Crippen molar-refractivity contribution in [3.8, 4) is 0 Å². The number of azide groups is 1. The van der Waals surface area contributed by atoms with Gasteiger partial charge in [0.15, 0.2) is 0 Å². The number of nitrogens with zero attached hydrogens (tertiary/aromatic N) is 5. The minimum atomic E-state index is -0.0785. The Labute approximate surface area is 116 Å². The monoisotopic (exact) mass is 321 g/mol. The van der Waals surface area contributed by atoms with Gasteiger partial charge in [-0.3, -0.25) is 0 Å². The third-order valence-electron chi connectivity index (χ3n) is 2.36. The topological polar surface area (TPSA) is 82.0 Å². The van der Waals surface area contributed by atoms with E-state index in [1.54, 1.807) is 4.90 Å². The van der Waals surface area contributed by atoms with Gasteiger partial charge in [-0.05, 0) is 0 Å². The molecule has 0 aliphatic heterocycles. The van der Waals surface area contributed by atoms with Gasteiger partial charge in [-0.25, -0.2) is 0 Å². The van der Waals surface area contributed by atoms with Crippen molar-refractivity contribution < 1.29 is 4.79 Å². The number of carbonyl (C=O) groups is 1. The van der Waals surface area contributed by atoms with Crippen LogP contribution in [0.15, 0.2) is 40.4 Å². The van der Waals surface area contributed by atoms with E-state index in [0.717, 1.165) is 11.4 Å². The molecule has 0 fully saturated rings. The fraction of sp³-hybridized carbons (Fsp3) is 0.167. The van der Waals surface area contributed by atoms with Gasteiger partial charge in [0.2, 0.25) is 0 Å². The van der Waals surface area contributed by atoms with Crippen molar-refractivity contribution in [1.82, 2.24) is 4.98 Å². The van der Waals surface area contributed by atoms with E-state index in [2.05, 4.69) is 15.0 Å². The van der Waals surface area contributed by atoms with Crippen LogP contribution in [0.5, 0.6) is 0 Å². The summed E-state index contributed by atoms with van der Waals surface area (Å²) < 4.78 is 0.717. The van der Waals surface area contributed by atoms with E-state index in [0.29, 0.717) is 4.69 Å². The van der Waals surface area contributed by atoms with E-state index < -0.39 is 0 Å². The number of rotatable bonds is 4. The van der Waals surface area contributed by atoms with Crippen molar-refractivity contribution in [2.45, 2.75) is 13.5 Å². The van der Waals surface area contributed by atoms with Crippen molar-refractivity contribution in [3.63, 3.8) is 0 Å². The van der Waals surface area contributed by atoms with Gasteiger partial charge in [0.1, 0.15) is 0 Å². The summed E-state index contributed by atoms with van der Waals surface area (Å²) in [6, 6.07) is 9.38. The van der Waals surface area contributed by atoms with Gasteiger partial charge in [-0.1, -0.05) is 0 Å². The Balaban J connectivity index is 2.32. The summed E-state index contributed by atoms with van der Waals surface area (Å²) in [6.07, 6.45) is 0. The molecule has 0 unspecified atom stereocenters. The zero-order chi connectivity index (χ0) is 13.7. The molecule has 1 amide bonds. The Bertz CT molecular complexity index is 618. The molecular formula is C12H11N5OSe. The second-order valence-corrected chi connectivity index (χ2v) is 5.46. The number of benzene rings is 1. The van der Waals surface area contributed by atoms with Crippen LogP contribution in [0, 0.1) is 0 Å². The third kappa shape index (κ3) is 3.23. The molecule has 1 aromatic carbocycles. The Morgan fingerprint density at radius 3 is 2.84 bits per heavy atom. The van der Waals surface area contributed by atoms with Crippen molar-refractivity contribution in [2.24, 2.45) is 5.11 Å². The van der Waals surface area contributed by atoms with E-state index in [1.165, 1.54) is 6.92 Å². The fourth-order valence-electron chi connectivity index (χ4n) is 1.58. The second-order valence-electron chi connectivity index (χ2n) is 3.70. The molecule has 0 bridgehead atoms. The molecule has 0 saturated heterocycles. The molecule has 96 valence electrons. The van der Waals surface area contributed by atoms with Crippen LogP contribution in [0.25, 0.3) is 10.4 Å². The van der Waals surface area contributed by atoms with E-state index >= 15 is 0 Å². The summed E-state index contributed by atoms with van der Waals surface area (Å²) >= 11 is -0.0260. The average Bonchev–Trinajstić information content (AvgIpc) is 2.86. The van der Waals surface area contributed by atoms with Gasteiger partial charge in [-0.15, -0.1) is 0 Å². The molecule has 2 aromatic rings. The normalized spacial score (nSPS) is 9.74. The molecule has 0 atom stereocenters. The maximum atomic E-state index is 11.8. The minimum absolute atomic E-state index is 0.0260. The van der Waals surface area contributed by atoms with E-state index in [9.17, 15) is 4.79 Å². The Morgan fingerprint density at radius 1 is 1.47 bits per heavy atom. The molecular weight excluding hydrogens is 309 g/mol. The van der Waals surface area contributed by atoms with Crippen LogP contribution in [0.3, 0.4) is 0 Å². The standard InChI is InChI=1S/C12H11N5OSe/c1-9(18)17(11-5-3-2-4-6-11)12-15-10(8-19-12)7-14-16-13/h2-6,8H,7H2,1H3. The van der Waals surface area contributed by atoms with E-state index in [4.69, 9.17) is 5.53 Å². The summed E-state index contributed by atoms with van der Waals surface area (Å²) in [5.41, 5.74) is 9.81. The molecule has 0 aliphatic rings. The third-order valence-corrected chi connectivity index (χ3v) is 4.19. The number of anilines is 2. The van der Waals surface area contributed by atoms with Gasteiger partial charge in [0.25, 0.3) is 0 Å². The van der Waals surface area contributed by atoms with Crippen molar-refractivity contribution in [1.29, 1.82) is 0 Å². The SMILES string of the molecule is CC(=O)N(c1ccccc1)c1nc(CN=[N+]=[N-])c[se]1. The summed E-state index contributed by atoms with van der Waals surface area (Å²) in [5, 5.41) is 3.48. The zero-order valence-electron chi connectivity index (χ0n) is 10.2. The Morgan fingerprint density at radius 2 is 2.21 bits per heavy atom. The van der Waals surface area contributed by atoms with Crippen LogP contribution >= 0.6 is 0 Å². The van der Waals surface area contributed by atoms with Crippen LogP contribution in [0.4, 0.5) is 10.4 Å². The number of hydrogen-bond acceptors (Lipinski definition) is 3. The van der Waals surface area contributed by atoms with Crippen molar-refractivity contribution in [3.05, 3.63) is 51.4 Å². The summed E-state index contributed by atoms with van der Waals surface area (Å²) in [7, 11) is 0. The van der Waals surface area contributed by atoms with Crippen LogP contribution < -0.4 is 4.90 Å². The van der Waals surface area contributed by atoms with Crippen LogP contribution in [-0.4, -0.2) is 25.4 Å². The van der Waals surface area contributed by atoms with Crippen LogP contribution in [0.2, 0.25) is 0 Å². The first kappa shape index (κ1) is 13.4. The van der Waals surface area contributed by atoms with Gasteiger partial charge in [0.05, 0.1) is 0 Å². The number of amides is 1. The molecule has 1 heterocycles. The van der Waals surface area contributed by atoms with Crippen LogP contribution in [-0.2, 0) is 11.3 Å². The molecule has 0 N–H and O–H groups in total. The van der Waals surface area contributed by atoms with Gasteiger partial charge >= 0.3 is 115 Å². The predicted molar refractivity (Wildman–Crippen MR) is 73.3 cm³/mol. The summed E-state index contributed by atoms with van der Waals surface area (Å²) in [6.45, 7) is 1.74. The number of aromatic nitrogens is 1. The van der Waals surface area contributed by atoms with Gasteiger partial charge in [0, 0.05) is 0 Å². The molecule has 7 heteroatoms. The predicted octanol–water partition coefficient (Wildman–Crippen LogP) is 2.63. The van der Waals surface area contributed by atoms with Crippen molar-refractivity contribution >= 4 is 30.8 Å². The first-order valence-corrected chi connectivity index (χ1v) is 7.38. The summed E-state index contributed by atoms with van der Waals surface area (Å²) in [5.74, 6) is -0.0785. The average molecular weight is 320 g/mol. The number of carbonyl (C=O) groups excluding carboxylic acids is 1. The molecule has 2 rings (SSSR count). The first-order valence-electron chi connectivity index (χ1n) is 5.53. The molecule has 0 radical (unpaired) electrons. The molecule has 1 aromatic heterocycles. The van der Waals surface area contributed by atoms with Crippen LogP contribution in [0.1, 0.15) is 12.6 Å². The fourth-order valence-corrected chi connectivity index (χ4v) is 3.42. The Kier molecular flexibility index (Phi) is 4.36. The molecule has 0 aliphatic carbocycles. The first-order chi connectivity index (χ1) is 9.22. The number of hydrogen-bond donors (Lipinski definition) is 0. The zero-order valence-corrected chi connectivity index (χ0v) is 11.9. The number of para-hydroxylation sites is 1. The molecule has 6 nitrogen and oxygen atoms in total. The van der Waals surface area contributed by atoms with Crippen molar-refractivity contribution in [2.75, 3.05) is 4.90 Å². The molecule has 0 spiro atoms.